The Morgan fingerprint density at radius 1 is 1.37 bits per heavy atom. The van der Waals surface area contributed by atoms with E-state index >= 15 is 0 Å². The van der Waals surface area contributed by atoms with Crippen molar-refractivity contribution in [3.63, 3.8) is 0 Å². The molecular formula is C14H27N3O2. The van der Waals surface area contributed by atoms with Gasteiger partial charge in [0.05, 0.1) is 13.2 Å². The third-order valence-electron chi connectivity index (χ3n) is 3.36. The fourth-order valence-electron chi connectivity index (χ4n) is 2.06. The molecular weight excluding hydrogens is 242 g/mol. The van der Waals surface area contributed by atoms with E-state index in [9.17, 15) is 0 Å². The Hall–Kier alpha value is -0.810. The number of ether oxygens (including phenoxy) is 2. The van der Waals surface area contributed by atoms with Crippen LogP contribution in [0.15, 0.2) is 4.99 Å². The second-order valence-electron chi connectivity index (χ2n) is 5.34. The summed E-state index contributed by atoms with van der Waals surface area (Å²) >= 11 is 0. The fourth-order valence-corrected chi connectivity index (χ4v) is 2.06. The number of hydrogen-bond acceptors (Lipinski definition) is 3. The summed E-state index contributed by atoms with van der Waals surface area (Å²) in [4.78, 5) is 4.55. The number of nitrogens with one attached hydrogen (secondary N) is 2. The van der Waals surface area contributed by atoms with E-state index in [1.54, 1.807) is 0 Å². The maximum Gasteiger partial charge on any atom is 0.191 e. The molecule has 2 aliphatic rings. The minimum atomic E-state index is 0.609. The molecule has 0 aromatic rings. The molecule has 1 saturated carbocycles. The standard InChI is InChI=1S/C14H27N3O2/c1-2-15-14(17-13-4-5-13)16-7-3-8-18-10-12-6-9-19-11-12/h12-13H,2-11H2,1H3,(H2,15,16,17). The van der Waals surface area contributed by atoms with Crippen molar-refractivity contribution in [3.8, 4) is 0 Å². The Morgan fingerprint density at radius 3 is 2.95 bits per heavy atom. The van der Waals surface area contributed by atoms with Crippen molar-refractivity contribution in [3.05, 3.63) is 0 Å². The number of hydrogen-bond donors (Lipinski definition) is 2. The lowest BCUT2D eigenvalue weighted by Gasteiger charge is -2.10. The summed E-state index contributed by atoms with van der Waals surface area (Å²) in [5.41, 5.74) is 0. The summed E-state index contributed by atoms with van der Waals surface area (Å²) in [5.74, 6) is 1.56. The maximum absolute atomic E-state index is 5.66. The fraction of sp³-hybridized carbons (Fsp3) is 0.929. The highest BCUT2D eigenvalue weighted by Gasteiger charge is 2.21. The molecule has 1 saturated heterocycles. The van der Waals surface area contributed by atoms with Gasteiger partial charge in [0.2, 0.25) is 0 Å². The number of aliphatic imine (C=N–C) groups is 1. The molecule has 2 N–H and O–H groups in total. The molecule has 2 rings (SSSR count). The van der Waals surface area contributed by atoms with Crippen LogP contribution in [0.5, 0.6) is 0 Å². The van der Waals surface area contributed by atoms with E-state index in [1.807, 2.05) is 0 Å². The second-order valence-corrected chi connectivity index (χ2v) is 5.34. The first-order chi connectivity index (χ1) is 9.38. The van der Waals surface area contributed by atoms with Gasteiger partial charge >= 0.3 is 0 Å². The quantitative estimate of drug-likeness (QED) is 0.394. The average molecular weight is 269 g/mol. The molecule has 110 valence electrons. The summed E-state index contributed by atoms with van der Waals surface area (Å²) in [6.07, 6.45) is 4.68. The third kappa shape index (κ3) is 6.25. The van der Waals surface area contributed by atoms with Crippen molar-refractivity contribution in [2.24, 2.45) is 10.9 Å². The Labute approximate surface area is 116 Å². The molecule has 0 spiro atoms. The third-order valence-corrected chi connectivity index (χ3v) is 3.36. The number of nitrogens with zero attached hydrogens (tertiary/aromatic N) is 1. The molecule has 5 heteroatoms. The summed E-state index contributed by atoms with van der Waals surface area (Å²) < 4.78 is 11.0. The van der Waals surface area contributed by atoms with Crippen molar-refractivity contribution in [1.82, 2.24) is 10.6 Å². The summed E-state index contributed by atoms with van der Waals surface area (Å²) in [6, 6.07) is 0.649. The molecule has 0 aromatic heterocycles. The minimum absolute atomic E-state index is 0.609. The van der Waals surface area contributed by atoms with Crippen LogP contribution in [0.25, 0.3) is 0 Å². The molecule has 2 fully saturated rings. The van der Waals surface area contributed by atoms with E-state index in [0.29, 0.717) is 12.0 Å². The molecule has 0 radical (unpaired) electrons. The largest absolute Gasteiger partial charge is 0.381 e. The van der Waals surface area contributed by atoms with Crippen LogP contribution in [0, 0.1) is 5.92 Å². The predicted octanol–water partition coefficient (Wildman–Crippen LogP) is 1.15. The lowest BCUT2D eigenvalue weighted by atomic mass is 10.1. The smallest absolute Gasteiger partial charge is 0.191 e. The van der Waals surface area contributed by atoms with E-state index in [2.05, 4.69) is 22.5 Å². The van der Waals surface area contributed by atoms with Gasteiger partial charge in [-0.05, 0) is 32.6 Å². The van der Waals surface area contributed by atoms with Gasteiger partial charge in [-0.3, -0.25) is 4.99 Å². The molecule has 1 aliphatic heterocycles. The van der Waals surface area contributed by atoms with Crippen molar-refractivity contribution < 1.29 is 9.47 Å². The van der Waals surface area contributed by atoms with Crippen molar-refractivity contribution in [1.29, 1.82) is 0 Å². The van der Waals surface area contributed by atoms with Gasteiger partial charge in [0.15, 0.2) is 5.96 Å². The first kappa shape index (κ1) is 14.6. The van der Waals surface area contributed by atoms with Crippen LogP contribution < -0.4 is 10.6 Å². The molecule has 1 heterocycles. The predicted molar refractivity (Wildman–Crippen MR) is 76.5 cm³/mol. The molecule has 0 amide bonds. The molecule has 1 unspecified atom stereocenters. The highest BCUT2D eigenvalue weighted by molar-refractivity contribution is 5.80. The van der Waals surface area contributed by atoms with Gasteiger partial charge in [0, 0.05) is 38.3 Å². The average Bonchev–Trinajstić information content (AvgIpc) is 3.06. The van der Waals surface area contributed by atoms with Gasteiger partial charge in [-0.2, -0.15) is 0 Å². The maximum atomic E-state index is 5.66. The van der Waals surface area contributed by atoms with Gasteiger partial charge in [-0.1, -0.05) is 0 Å². The summed E-state index contributed by atoms with van der Waals surface area (Å²) in [6.45, 7) is 7.23. The minimum Gasteiger partial charge on any atom is -0.381 e. The van der Waals surface area contributed by atoms with E-state index < -0.39 is 0 Å². The zero-order valence-corrected chi connectivity index (χ0v) is 12.0. The highest BCUT2D eigenvalue weighted by atomic mass is 16.5. The van der Waals surface area contributed by atoms with Crippen molar-refractivity contribution in [2.45, 2.75) is 38.6 Å². The summed E-state index contributed by atoms with van der Waals surface area (Å²) in [7, 11) is 0. The first-order valence-electron chi connectivity index (χ1n) is 7.59. The number of rotatable bonds is 8. The van der Waals surface area contributed by atoms with E-state index in [-0.39, 0.29) is 0 Å². The Kier molecular flexibility index (Phi) is 6.44. The zero-order chi connectivity index (χ0) is 13.3. The van der Waals surface area contributed by atoms with Crippen molar-refractivity contribution >= 4 is 5.96 Å². The van der Waals surface area contributed by atoms with E-state index in [4.69, 9.17) is 9.47 Å². The Bertz CT molecular complexity index is 274. The normalized spacial score (nSPS) is 23.6. The molecule has 1 atom stereocenters. The van der Waals surface area contributed by atoms with Crippen LogP contribution in [0.1, 0.15) is 32.6 Å². The monoisotopic (exact) mass is 269 g/mol. The van der Waals surface area contributed by atoms with Crippen LogP contribution in [0.4, 0.5) is 0 Å². The van der Waals surface area contributed by atoms with Crippen LogP contribution in [0.2, 0.25) is 0 Å². The van der Waals surface area contributed by atoms with Crippen LogP contribution in [0.3, 0.4) is 0 Å². The first-order valence-corrected chi connectivity index (χ1v) is 7.59. The highest BCUT2D eigenvalue weighted by Crippen LogP contribution is 2.18. The van der Waals surface area contributed by atoms with Gasteiger partial charge in [-0.25, -0.2) is 0 Å². The molecule has 0 bridgehead atoms. The Balaban J connectivity index is 1.50. The van der Waals surface area contributed by atoms with Gasteiger partial charge in [0.1, 0.15) is 0 Å². The van der Waals surface area contributed by atoms with Crippen LogP contribution in [-0.4, -0.2) is 51.5 Å². The lowest BCUT2D eigenvalue weighted by Crippen LogP contribution is -2.38. The van der Waals surface area contributed by atoms with Crippen molar-refractivity contribution in [2.75, 3.05) is 39.5 Å². The van der Waals surface area contributed by atoms with Gasteiger partial charge in [-0.15, -0.1) is 0 Å². The lowest BCUT2D eigenvalue weighted by molar-refractivity contribution is 0.0893. The summed E-state index contributed by atoms with van der Waals surface area (Å²) in [5, 5.41) is 6.68. The van der Waals surface area contributed by atoms with Crippen LogP contribution >= 0.6 is 0 Å². The second kappa shape index (κ2) is 8.38. The Morgan fingerprint density at radius 2 is 2.26 bits per heavy atom. The van der Waals surface area contributed by atoms with Crippen LogP contribution in [-0.2, 0) is 9.47 Å². The zero-order valence-electron chi connectivity index (χ0n) is 12.0. The topological polar surface area (TPSA) is 54.9 Å². The van der Waals surface area contributed by atoms with E-state index in [1.165, 1.54) is 12.8 Å². The van der Waals surface area contributed by atoms with Gasteiger partial charge in [0.25, 0.3) is 0 Å². The molecule has 0 aromatic carbocycles. The van der Waals surface area contributed by atoms with Gasteiger partial charge < -0.3 is 20.1 Å². The molecule has 1 aliphatic carbocycles. The SMILES string of the molecule is CCNC(=NCCCOCC1CCOC1)NC1CC1. The number of guanidine groups is 1. The molecule has 5 nitrogen and oxygen atoms in total. The van der Waals surface area contributed by atoms with E-state index in [0.717, 1.165) is 58.3 Å². The molecule has 19 heavy (non-hydrogen) atoms.